The molecule has 1 saturated heterocycles. The normalized spacial score (nSPS) is 19.6. The first-order valence-electron chi connectivity index (χ1n) is 10.2. The number of likely N-dealkylation sites (tertiary alicyclic amines) is 1. The fourth-order valence-electron chi connectivity index (χ4n) is 4.28. The Labute approximate surface area is 174 Å². The summed E-state index contributed by atoms with van der Waals surface area (Å²) in [5, 5.41) is 12.7. The van der Waals surface area contributed by atoms with Gasteiger partial charge in [0.25, 0.3) is 11.8 Å². The molecule has 4 rings (SSSR count). The van der Waals surface area contributed by atoms with E-state index in [9.17, 15) is 19.5 Å². The first-order chi connectivity index (χ1) is 14.2. The van der Waals surface area contributed by atoms with Crippen molar-refractivity contribution in [2.75, 3.05) is 13.1 Å². The zero-order chi connectivity index (χ0) is 21.6. The maximum Gasteiger partial charge on any atom is 0.274 e. The molecule has 1 aromatic heterocycles. The molecule has 8 heteroatoms. The van der Waals surface area contributed by atoms with E-state index in [2.05, 4.69) is 21.8 Å². The molecule has 1 atom stereocenters. The number of benzene rings is 1. The van der Waals surface area contributed by atoms with Crippen LogP contribution in [0.3, 0.4) is 0 Å². The summed E-state index contributed by atoms with van der Waals surface area (Å²) >= 11 is 0. The van der Waals surface area contributed by atoms with Crippen LogP contribution in [0.15, 0.2) is 24.4 Å². The summed E-state index contributed by atoms with van der Waals surface area (Å²) in [6.07, 6.45) is 4.91. The Hall–Kier alpha value is -3.16. The number of nitrogens with one attached hydrogen (secondary N) is 1. The molecule has 2 aliphatic rings. The zero-order valence-electron chi connectivity index (χ0n) is 17.4. The molecule has 2 aliphatic heterocycles. The Kier molecular flexibility index (Phi) is 4.88. The summed E-state index contributed by atoms with van der Waals surface area (Å²) < 4.78 is 2.09. The number of hydrogen-bond acceptors (Lipinski definition) is 5. The number of carbonyl (C=O) groups is 3. The van der Waals surface area contributed by atoms with E-state index < -0.39 is 5.54 Å². The highest BCUT2D eigenvalue weighted by atomic mass is 16.3. The number of fused-ring (bicyclic) bond motifs is 1. The van der Waals surface area contributed by atoms with Gasteiger partial charge in [-0.1, -0.05) is 0 Å². The van der Waals surface area contributed by atoms with E-state index in [1.54, 1.807) is 4.90 Å². The molecule has 1 fully saturated rings. The lowest BCUT2D eigenvalue weighted by molar-refractivity contribution is 0.0326. The predicted molar refractivity (Wildman–Crippen MR) is 110 cm³/mol. The number of phenolic OH excluding ortho intramolecular Hbond substituents is 1. The monoisotopic (exact) mass is 410 g/mol. The summed E-state index contributed by atoms with van der Waals surface area (Å²) in [6, 6.07) is 4.55. The van der Waals surface area contributed by atoms with Crippen LogP contribution < -0.4 is 5.32 Å². The van der Waals surface area contributed by atoms with Crippen molar-refractivity contribution in [1.82, 2.24) is 19.8 Å². The van der Waals surface area contributed by atoms with Gasteiger partial charge in [-0.25, -0.2) is 4.98 Å². The van der Waals surface area contributed by atoms with Gasteiger partial charge >= 0.3 is 0 Å². The molecule has 158 valence electrons. The number of Topliss-reactive ketones (excluding diaryl/α,β-unsaturated/α-hetero) is 1. The van der Waals surface area contributed by atoms with Gasteiger partial charge in [0.05, 0.1) is 11.1 Å². The van der Waals surface area contributed by atoms with Gasteiger partial charge in [-0.05, 0) is 51.8 Å². The molecule has 0 radical (unpaired) electrons. The van der Waals surface area contributed by atoms with E-state index in [1.165, 1.54) is 25.1 Å². The van der Waals surface area contributed by atoms with Crippen LogP contribution in [-0.4, -0.2) is 55.8 Å². The van der Waals surface area contributed by atoms with Gasteiger partial charge in [0.1, 0.15) is 17.3 Å². The van der Waals surface area contributed by atoms with Crippen LogP contribution in [0, 0.1) is 0 Å². The molecule has 2 amide bonds. The number of nitrogens with zero attached hydrogens (tertiary/aromatic N) is 3. The number of phenols is 1. The highest BCUT2D eigenvalue weighted by molar-refractivity contribution is 6.01. The second kappa shape index (κ2) is 7.27. The number of aromatic nitrogens is 2. The van der Waals surface area contributed by atoms with Crippen molar-refractivity contribution in [1.29, 1.82) is 0 Å². The molecule has 0 saturated carbocycles. The first-order valence-corrected chi connectivity index (χ1v) is 10.2. The minimum atomic E-state index is -0.562. The quantitative estimate of drug-likeness (QED) is 0.753. The summed E-state index contributed by atoms with van der Waals surface area (Å²) in [6.45, 7) is 6.11. The fourth-order valence-corrected chi connectivity index (χ4v) is 4.28. The summed E-state index contributed by atoms with van der Waals surface area (Å²) in [7, 11) is 0. The number of amides is 2. The van der Waals surface area contributed by atoms with Crippen LogP contribution in [0.5, 0.6) is 5.75 Å². The van der Waals surface area contributed by atoms with Crippen molar-refractivity contribution in [3.63, 3.8) is 0 Å². The second-order valence-electron chi connectivity index (χ2n) is 8.66. The van der Waals surface area contributed by atoms with Crippen LogP contribution in [0.2, 0.25) is 0 Å². The number of aryl methyl sites for hydroxylation is 1. The van der Waals surface area contributed by atoms with Crippen LogP contribution in [0.4, 0.5) is 0 Å². The van der Waals surface area contributed by atoms with Crippen molar-refractivity contribution in [2.24, 2.45) is 0 Å². The second-order valence-corrected chi connectivity index (χ2v) is 8.66. The van der Waals surface area contributed by atoms with Crippen molar-refractivity contribution in [3.05, 3.63) is 47.0 Å². The van der Waals surface area contributed by atoms with Gasteiger partial charge in [-0.3, -0.25) is 14.4 Å². The molecule has 3 heterocycles. The average molecular weight is 410 g/mol. The number of ketones is 1. The predicted octanol–water partition coefficient (Wildman–Crippen LogP) is 2.33. The number of carbonyl (C=O) groups excluding carboxylic acids is 3. The highest BCUT2D eigenvalue weighted by Crippen LogP contribution is 2.27. The minimum absolute atomic E-state index is 0.108. The lowest BCUT2D eigenvalue weighted by atomic mass is 9.91. The molecule has 8 nitrogen and oxygen atoms in total. The lowest BCUT2D eigenvalue weighted by Crippen LogP contribution is -2.69. The van der Waals surface area contributed by atoms with Gasteiger partial charge in [-0.2, -0.15) is 0 Å². The molecule has 30 heavy (non-hydrogen) atoms. The maximum atomic E-state index is 12.8. The van der Waals surface area contributed by atoms with Crippen LogP contribution in [0.25, 0.3) is 0 Å². The summed E-state index contributed by atoms with van der Waals surface area (Å²) in [5.74, 6) is 0.0219. The molecule has 1 aromatic carbocycles. The van der Waals surface area contributed by atoms with E-state index >= 15 is 0 Å². The molecule has 2 N–H and O–H groups in total. The fraction of sp³-hybridized carbons (Fsp3) is 0.455. The first kappa shape index (κ1) is 20.1. The number of aromatic hydroxyl groups is 1. The number of rotatable bonds is 4. The van der Waals surface area contributed by atoms with Gasteiger partial charge in [-0.15, -0.1) is 0 Å². The van der Waals surface area contributed by atoms with Gasteiger partial charge in [0.2, 0.25) is 0 Å². The third-order valence-corrected chi connectivity index (χ3v) is 5.95. The van der Waals surface area contributed by atoms with Crippen LogP contribution in [0.1, 0.15) is 76.7 Å². The average Bonchev–Trinajstić information content (AvgIpc) is 3.11. The van der Waals surface area contributed by atoms with E-state index in [-0.39, 0.29) is 28.9 Å². The third-order valence-electron chi connectivity index (χ3n) is 5.95. The Morgan fingerprint density at radius 2 is 2.00 bits per heavy atom. The third kappa shape index (κ3) is 3.58. The number of imidazole rings is 1. The van der Waals surface area contributed by atoms with E-state index in [0.717, 1.165) is 25.1 Å². The standard InChI is InChI=1S/C22H26N4O4/c1-13-5-4-6-19-23-17(10-26(13)19)21(30)25-11-22(3,12-25)24-20(29)15-7-8-18(28)16(9-15)14(2)27/h7-10,13,28H,4-6,11-12H2,1-3H3,(H,24,29). The van der Waals surface area contributed by atoms with E-state index in [0.29, 0.717) is 30.4 Å². The molecule has 0 spiro atoms. The van der Waals surface area contributed by atoms with Crippen molar-refractivity contribution < 1.29 is 19.5 Å². The summed E-state index contributed by atoms with van der Waals surface area (Å²) in [5.41, 5.74) is 0.293. The summed E-state index contributed by atoms with van der Waals surface area (Å²) in [4.78, 5) is 43.3. The van der Waals surface area contributed by atoms with E-state index in [1.807, 2.05) is 13.1 Å². The highest BCUT2D eigenvalue weighted by Gasteiger charge is 2.43. The largest absolute Gasteiger partial charge is 0.507 e. The van der Waals surface area contributed by atoms with Crippen molar-refractivity contribution >= 4 is 17.6 Å². The Bertz CT molecular complexity index is 1040. The minimum Gasteiger partial charge on any atom is -0.507 e. The molecular formula is C22H26N4O4. The lowest BCUT2D eigenvalue weighted by Gasteiger charge is -2.48. The topological polar surface area (TPSA) is 105 Å². The molecule has 0 bridgehead atoms. The maximum absolute atomic E-state index is 12.8. The van der Waals surface area contributed by atoms with E-state index in [4.69, 9.17) is 0 Å². The van der Waals surface area contributed by atoms with Crippen LogP contribution >= 0.6 is 0 Å². The molecule has 2 aromatic rings. The Morgan fingerprint density at radius 1 is 1.27 bits per heavy atom. The number of hydrogen-bond donors (Lipinski definition) is 2. The SMILES string of the molecule is CC(=O)c1cc(C(=O)NC2(C)CN(C(=O)c3cn4c(n3)CCCC4C)C2)ccc1O. The zero-order valence-corrected chi connectivity index (χ0v) is 17.4. The van der Waals surface area contributed by atoms with Crippen molar-refractivity contribution in [2.45, 2.75) is 51.6 Å². The van der Waals surface area contributed by atoms with Gasteiger partial charge < -0.3 is 19.9 Å². The molecule has 0 aliphatic carbocycles. The Morgan fingerprint density at radius 3 is 2.67 bits per heavy atom. The van der Waals surface area contributed by atoms with Crippen molar-refractivity contribution in [3.8, 4) is 5.75 Å². The molecule has 1 unspecified atom stereocenters. The van der Waals surface area contributed by atoms with Gasteiger partial charge in [0.15, 0.2) is 5.78 Å². The molecular weight excluding hydrogens is 384 g/mol. The van der Waals surface area contributed by atoms with Crippen LogP contribution in [-0.2, 0) is 6.42 Å². The smallest absolute Gasteiger partial charge is 0.274 e. The van der Waals surface area contributed by atoms with Gasteiger partial charge in [0, 0.05) is 37.3 Å². The Balaban J connectivity index is 1.40.